The molecule has 0 aromatic rings. The molecule has 2 aliphatic rings. The summed E-state index contributed by atoms with van der Waals surface area (Å²) in [6.45, 7) is 1.04. The predicted molar refractivity (Wildman–Crippen MR) is 65.1 cm³/mol. The summed E-state index contributed by atoms with van der Waals surface area (Å²) in [6.07, 6.45) is -2.57. The maximum atomic E-state index is 12.5. The third-order valence-electron chi connectivity index (χ3n) is 3.60. The van der Waals surface area contributed by atoms with Gasteiger partial charge in [-0.05, 0) is 32.4 Å². The van der Waals surface area contributed by atoms with Gasteiger partial charge in [-0.1, -0.05) is 6.08 Å². The number of rotatable bonds is 2. The average molecular weight is 298 g/mol. The molecule has 1 saturated heterocycles. The number of sulfonamides is 1. The number of hydrogen-bond acceptors (Lipinski definition) is 3. The van der Waals surface area contributed by atoms with Crippen LogP contribution in [0.5, 0.6) is 0 Å². The van der Waals surface area contributed by atoms with E-state index >= 15 is 0 Å². The van der Waals surface area contributed by atoms with Crippen molar-refractivity contribution in [1.29, 1.82) is 0 Å². The second kappa shape index (κ2) is 5.41. The average Bonchev–Trinajstić information content (AvgIpc) is 2.39. The number of nitrogens with zero attached hydrogens (tertiary/aromatic N) is 1. The second-order valence-electron chi connectivity index (χ2n) is 4.83. The molecule has 0 atom stereocenters. The third-order valence-corrected chi connectivity index (χ3v) is 5.97. The normalized spacial score (nSPS) is 24.3. The van der Waals surface area contributed by atoms with Crippen molar-refractivity contribution in [3.63, 3.8) is 0 Å². The van der Waals surface area contributed by atoms with Crippen LogP contribution in [-0.4, -0.2) is 50.3 Å². The van der Waals surface area contributed by atoms with Gasteiger partial charge in [0.1, 0.15) is 0 Å². The van der Waals surface area contributed by atoms with E-state index in [-0.39, 0.29) is 19.5 Å². The highest BCUT2D eigenvalue weighted by atomic mass is 32.2. The van der Waals surface area contributed by atoms with E-state index in [1.54, 1.807) is 0 Å². The van der Waals surface area contributed by atoms with Crippen LogP contribution in [0.2, 0.25) is 0 Å². The lowest BCUT2D eigenvalue weighted by molar-refractivity contribution is -0.0953. The number of alkyl halides is 3. The highest BCUT2D eigenvalue weighted by molar-refractivity contribution is 7.89. The van der Waals surface area contributed by atoms with Crippen molar-refractivity contribution in [3.8, 4) is 0 Å². The molecule has 0 aromatic carbocycles. The number of piperidine rings is 1. The van der Waals surface area contributed by atoms with E-state index in [0.717, 1.165) is 6.08 Å². The molecule has 2 aliphatic heterocycles. The van der Waals surface area contributed by atoms with E-state index < -0.39 is 27.0 Å². The Balaban J connectivity index is 2.06. The Morgan fingerprint density at radius 2 is 1.89 bits per heavy atom. The summed E-state index contributed by atoms with van der Waals surface area (Å²) in [5.41, 5.74) is -0.621. The molecule has 0 radical (unpaired) electrons. The zero-order valence-corrected chi connectivity index (χ0v) is 11.2. The molecule has 0 bridgehead atoms. The van der Waals surface area contributed by atoms with Crippen molar-refractivity contribution < 1.29 is 21.6 Å². The van der Waals surface area contributed by atoms with E-state index in [4.69, 9.17) is 0 Å². The molecule has 0 aliphatic carbocycles. The predicted octanol–water partition coefficient (Wildman–Crippen LogP) is 1.26. The summed E-state index contributed by atoms with van der Waals surface area (Å²) < 4.78 is 63.2. The van der Waals surface area contributed by atoms with Gasteiger partial charge in [0.2, 0.25) is 10.0 Å². The molecule has 0 aromatic heterocycles. The monoisotopic (exact) mass is 298 g/mol. The molecule has 2 rings (SSSR count). The van der Waals surface area contributed by atoms with Crippen molar-refractivity contribution in [1.82, 2.24) is 9.62 Å². The molecule has 0 amide bonds. The highest BCUT2D eigenvalue weighted by Crippen LogP contribution is 2.31. The fourth-order valence-electron chi connectivity index (χ4n) is 2.44. The van der Waals surface area contributed by atoms with Gasteiger partial charge in [0, 0.05) is 18.7 Å². The lowest BCUT2D eigenvalue weighted by atomic mass is 10.1. The zero-order chi connectivity index (χ0) is 14.1. The Morgan fingerprint density at radius 3 is 2.37 bits per heavy atom. The fraction of sp³-hybridized carbons (Fsp3) is 0.818. The number of nitrogens with one attached hydrogen (secondary N) is 1. The first-order valence-corrected chi connectivity index (χ1v) is 7.78. The summed E-state index contributed by atoms with van der Waals surface area (Å²) >= 11 is 0. The summed E-state index contributed by atoms with van der Waals surface area (Å²) in [6, 6.07) is 0. The SMILES string of the molecule is O=S(=O)(C1CCNCC1)N1CC=C(C(F)(F)F)CC1. The smallest absolute Gasteiger partial charge is 0.317 e. The van der Waals surface area contributed by atoms with Crippen LogP contribution in [0.25, 0.3) is 0 Å². The van der Waals surface area contributed by atoms with Gasteiger partial charge >= 0.3 is 6.18 Å². The minimum atomic E-state index is -4.34. The maximum absolute atomic E-state index is 12.5. The quantitative estimate of drug-likeness (QED) is 0.781. The first-order chi connectivity index (χ1) is 8.82. The largest absolute Gasteiger partial charge is 0.412 e. The van der Waals surface area contributed by atoms with Crippen LogP contribution in [0.1, 0.15) is 19.3 Å². The topological polar surface area (TPSA) is 49.4 Å². The van der Waals surface area contributed by atoms with Crippen LogP contribution in [-0.2, 0) is 10.0 Å². The minimum Gasteiger partial charge on any atom is -0.317 e. The minimum absolute atomic E-state index is 0.0718. The Morgan fingerprint density at radius 1 is 1.26 bits per heavy atom. The van der Waals surface area contributed by atoms with E-state index in [9.17, 15) is 21.6 Å². The Kier molecular flexibility index (Phi) is 4.22. The maximum Gasteiger partial charge on any atom is 0.412 e. The zero-order valence-electron chi connectivity index (χ0n) is 10.4. The van der Waals surface area contributed by atoms with Crippen LogP contribution >= 0.6 is 0 Å². The summed E-state index contributed by atoms with van der Waals surface area (Å²) in [5.74, 6) is 0. The van der Waals surface area contributed by atoms with Gasteiger partial charge in [-0.3, -0.25) is 0 Å². The van der Waals surface area contributed by atoms with Crippen molar-refractivity contribution in [3.05, 3.63) is 11.6 Å². The van der Waals surface area contributed by atoms with Gasteiger partial charge in [0.15, 0.2) is 0 Å². The van der Waals surface area contributed by atoms with Gasteiger partial charge in [0.25, 0.3) is 0 Å². The van der Waals surface area contributed by atoms with Crippen molar-refractivity contribution in [2.24, 2.45) is 0 Å². The molecule has 4 nitrogen and oxygen atoms in total. The number of hydrogen-bond donors (Lipinski definition) is 1. The molecule has 1 N–H and O–H groups in total. The van der Waals surface area contributed by atoms with Gasteiger partial charge in [-0.25, -0.2) is 8.42 Å². The van der Waals surface area contributed by atoms with Crippen molar-refractivity contribution in [2.75, 3.05) is 26.2 Å². The van der Waals surface area contributed by atoms with Gasteiger partial charge in [0.05, 0.1) is 5.25 Å². The molecule has 2 heterocycles. The Labute approximate surface area is 110 Å². The molecule has 0 spiro atoms. The number of halogens is 3. The third kappa shape index (κ3) is 3.29. The second-order valence-corrected chi connectivity index (χ2v) is 7.04. The summed E-state index contributed by atoms with van der Waals surface area (Å²) in [5, 5.41) is 2.61. The first kappa shape index (κ1) is 14.8. The van der Waals surface area contributed by atoms with Gasteiger partial charge < -0.3 is 5.32 Å². The van der Waals surface area contributed by atoms with Crippen molar-refractivity contribution in [2.45, 2.75) is 30.7 Å². The Bertz CT molecular complexity index is 453. The summed E-state index contributed by atoms with van der Waals surface area (Å²) in [4.78, 5) is 0. The van der Waals surface area contributed by atoms with E-state index in [0.29, 0.717) is 25.9 Å². The molecule has 1 fully saturated rings. The van der Waals surface area contributed by atoms with Crippen LogP contribution in [0.3, 0.4) is 0 Å². The molecule has 0 unspecified atom stereocenters. The molecule has 110 valence electrons. The van der Waals surface area contributed by atoms with Crippen LogP contribution in [0, 0.1) is 0 Å². The van der Waals surface area contributed by atoms with Gasteiger partial charge in [-0.15, -0.1) is 0 Å². The van der Waals surface area contributed by atoms with Gasteiger partial charge in [-0.2, -0.15) is 17.5 Å². The highest BCUT2D eigenvalue weighted by Gasteiger charge is 2.39. The molecular weight excluding hydrogens is 281 g/mol. The summed E-state index contributed by atoms with van der Waals surface area (Å²) in [7, 11) is -3.47. The molecule has 0 saturated carbocycles. The molecule has 19 heavy (non-hydrogen) atoms. The van der Waals surface area contributed by atoms with E-state index in [1.165, 1.54) is 4.31 Å². The van der Waals surface area contributed by atoms with Crippen LogP contribution < -0.4 is 5.32 Å². The lowest BCUT2D eigenvalue weighted by Crippen LogP contribution is -2.45. The van der Waals surface area contributed by atoms with Crippen LogP contribution in [0.4, 0.5) is 13.2 Å². The molecule has 8 heteroatoms. The van der Waals surface area contributed by atoms with Crippen molar-refractivity contribution >= 4 is 10.0 Å². The fourth-order valence-corrected chi connectivity index (χ4v) is 4.32. The Hall–Kier alpha value is -0.600. The lowest BCUT2D eigenvalue weighted by Gasteiger charge is -2.32. The first-order valence-electron chi connectivity index (χ1n) is 6.28. The van der Waals surface area contributed by atoms with E-state index in [2.05, 4.69) is 5.32 Å². The van der Waals surface area contributed by atoms with E-state index in [1.807, 2.05) is 0 Å². The standard InChI is InChI=1S/C11H17F3N2O2S/c12-11(13,14)9-3-7-16(8-4-9)19(17,18)10-1-5-15-6-2-10/h3,10,15H,1-2,4-8H2. The molecular formula is C11H17F3N2O2S. The van der Waals surface area contributed by atoms with Crippen LogP contribution in [0.15, 0.2) is 11.6 Å².